The first-order valence-electron chi connectivity index (χ1n) is 11.9. The van der Waals surface area contributed by atoms with Crippen LogP contribution in [0.15, 0.2) is 65.6 Å². The first-order chi connectivity index (χ1) is 18.3. The molecule has 1 aliphatic rings. The van der Waals surface area contributed by atoms with Gasteiger partial charge >= 0.3 is 0 Å². The van der Waals surface area contributed by atoms with Crippen LogP contribution in [-0.4, -0.2) is 64.4 Å². The summed E-state index contributed by atoms with van der Waals surface area (Å²) in [7, 11) is 0.199. The maximum Gasteiger partial charge on any atom is 0.279 e. The Labute approximate surface area is 230 Å². The van der Waals surface area contributed by atoms with E-state index in [4.69, 9.17) is 18.9 Å². The van der Waals surface area contributed by atoms with Gasteiger partial charge in [-0.05, 0) is 48.7 Å². The van der Waals surface area contributed by atoms with Crippen LogP contribution in [0.4, 0.5) is 0 Å². The largest absolute Gasteiger partial charge is 0.496 e. The molecule has 1 aliphatic heterocycles. The van der Waals surface area contributed by atoms with Gasteiger partial charge in [0.05, 0.1) is 26.2 Å². The van der Waals surface area contributed by atoms with Crippen LogP contribution >= 0.6 is 0 Å². The van der Waals surface area contributed by atoms with Gasteiger partial charge in [-0.25, -0.2) is 13.9 Å². The molecule has 0 atom stereocenters. The van der Waals surface area contributed by atoms with E-state index in [1.807, 2.05) is 48.5 Å². The van der Waals surface area contributed by atoms with E-state index in [1.54, 1.807) is 7.11 Å². The molecule has 212 valence electrons. The highest BCUT2D eigenvalue weighted by Gasteiger charge is 2.35. The third-order valence-corrected chi connectivity index (χ3v) is 8.37. The molecule has 1 heterocycles. The van der Waals surface area contributed by atoms with Crippen molar-refractivity contribution in [1.82, 2.24) is 9.79 Å². The minimum absolute atomic E-state index is 0. The lowest BCUT2D eigenvalue weighted by atomic mass is 10.0. The smallest absolute Gasteiger partial charge is 0.279 e. The molecule has 1 amide bonds. The average molecular weight is 561 g/mol. The summed E-state index contributed by atoms with van der Waals surface area (Å²) in [6.45, 7) is 0.391. The van der Waals surface area contributed by atoms with Crippen molar-refractivity contribution in [3.8, 4) is 34.1 Å². The second kappa shape index (κ2) is 12.8. The molecule has 39 heavy (non-hydrogen) atoms. The summed E-state index contributed by atoms with van der Waals surface area (Å²) in [6.07, 6.45) is 0.745. The lowest BCUT2D eigenvalue weighted by Crippen LogP contribution is -2.42. The predicted octanol–water partition coefficient (Wildman–Crippen LogP) is 4.61. The Balaban J connectivity index is 0.00000280. The summed E-state index contributed by atoms with van der Waals surface area (Å²) in [6, 6.07) is 18.1. The van der Waals surface area contributed by atoms with Gasteiger partial charge in [0.25, 0.3) is 5.91 Å². The van der Waals surface area contributed by atoms with E-state index < -0.39 is 15.9 Å². The highest BCUT2D eigenvalue weighted by molar-refractivity contribution is 7.89. The molecule has 0 bridgehead atoms. The molecule has 10 nitrogen and oxygen atoms in total. The van der Waals surface area contributed by atoms with Crippen LogP contribution in [0.3, 0.4) is 0 Å². The van der Waals surface area contributed by atoms with E-state index >= 15 is 0 Å². The quantitative estimate of drug-likeness (QED) is 0.287. The number of sulfonamides is 1. The lowest BCUT2D eigenvalue weighted by Gasteiger charge is -2.32. The Kier molecular flexibility index (Phi) is 9.79. The number of methoxy groups -OCH3 is 3. The Morgan fingerprint density at radius 2 is 1.56 bits per heavy atom. The molecular weight excluding hydrogens is 524 g/mol. The fourth-order valence-corrected chi connectivity index (χ4v) is 6.17. The lowest BCUT2D eigenvalue weighted by molar-refractivity contribution is 0.0698. The third-order valence-electron chi connectivity index (χ3n) is 6.43. The molecule has 11 heteroatoms. The number of nitrogens with zero attached hydrogens (tertiary/aromatic N) is 1. The first-order valence-corrected chi connectivity index (χ1v) is 13.4. The summed E-state index contributed by atoms with van der Waals surface area (Å²) >= 11 is 0. The monoisotopic (exact) mass is 560 g/mol. The molecule has 0 radical (unpaired) electrons. The SMILES string of the molecule is C.COc1ccccc1-c1ccc(OC2CCN(S(=O)(=O)c3ccc(OC)c(OC)c3C(=O)NO)CC2)cc1.[HH]. The Morgan fingerprint density at radius 3 is 2.15 bits per heavy atom. The number of hydroxylamine groups is 1. The summed E-state index contributed by atoms with van der Waals surface area (Å²) < 4.78 is 50.3. The molecule has 3 aromatic rings. The van der Waals surface area contributed by atoms with Crippen molar-refractivity contribution in [1.29, 1.82) is 0 Å². The van der Waals surface area contributed by atoms with Gasteiger partial charge in [0.1, 0.15) is 23.2 Å². The van der Waals surface area contributed by atoms with E-state index in [0.29, 0.717) is 18.6 Å². The van der Waals surface area contributed by atoms with Crippen molar-refractivity contribution in [2.45, 2.75) is 31.3 Å². The number of ether oxygens (including phenoxy) is 4. The van der Waals surface area contributed by atoms with Crippen molar-refractivity contribution >= 4 is 15.9 Å². The van der Waals surface area contributed by atoms with Crippen molar-refractivity contribution in [2.24, 2.45) is 0 Å². The molecule has 0 spiro atoms. The number of hydrogen-bond acceptors (Lipinski definition) is 8. The van der Waals surface area contributed by atoms with Gasteiger partial charge in [-0.15, -0.1) is 0 Å². The molecule has 0 saturated carbocycles. The van der Waals surface area contributed by atoms with Crippen LogP contribution in [-0.2, 0) is 10.0 Å². The maximum atomic E-state index is 13.5. The maximum absolute atomic E-state index is 13.5. The normalized spacial score (nSPS) is 14.2. The molecular formula is C28H36N2O8S. The summed E-state index contributed by atoms with van der Waals surface area (Å²) in [5.74, 6) is 0.522. The van der Waals surface area contributed by atoms with Gasteiger partial charge in [-0.3, -0.25) is 10.0 Å². The van der Waals surface area contributed by atoms with Gasteiger partial charge < -0.3 is 18.9 Å². The van der Waals surface area contributed by atoms with Gasteiger partial charge in [0.15, 0.2) is 11.5 Å². The fraction of sp³-hybridized carbons (Fsp3) is 0.321. The van der Waals surface area contributed by atoms with E-state index in [-0.39, 0.29) is 50.0 Å². The number of rotatable bonds is 9. The van der Waals surface area contributed by atoms with Crippen LogP contribution in [0.2, 0.25) is 0 Å². The van der Waals surface area contributed by atoms with Crippen LogP contribution in [0, 0.1) is 0 Å². The van der Waals surface area contributed by atoms with Crippen LogP contribution in [0.5, 0.6) is 23.0 Å². The van der Waals surface area contributed by atoms with Crippen molar-refractivity contribution in [3.63, 3.8) is 0 Å². The van der Waals surface area contributed by atoms with Gasteiger partial charge in [0.2, 0.25) is 10.0 Å². The topological polar surface area (TPSA) is 124 Å². The van der Waals surface area contributed by atoms with E-state index in [9.17, 15) is 18.4 Å². The van der Waals surface area contributed by atoms with Crippen LogP contribution in [0.1, 0.15) is 32.1 Å². The van der Waals surface area contributed by atoms with Crippen molar-refractivity contribution in [2.75, 3.05) is 34.4 Å². The minimum atomic E-state index is -4.09. The zero-order chi connectivity index (χ0) is 27.3. The Bertz CT molecular complexity index is 1390. The molecule has 0 aromatic heterocycles. The number of piperidine rings is 1. The number of para-hydroxylation sites is 1. The number of benzene rings is 3. The molecule has 2 N–H and O–H groups in total. The van der Waals surface area contributed by atoms with E-state index in [0.717, 1.165) is 16.9 Å². The van der Waals surface area contributed by atoms with E-state index in [1.165, 1.54) is 36.1 Å². The van der Waals surface area contributed by atoms with Crippen molar-refractivity contribution < 1.29 is 38.8 Å². The molecule has 0 unspecified atom stereocenters. The third kappa shape index (κ3) is 6.11. The predicted molar refractivity (Wildman–Crippen MR) is 148 cm³/mol. The highest BCUT2D eigenvalue weighted by Crippen LogP contribution is 2.37. The summed E-state index contributed by atoms with van der Waals surface area (Å²) in [5.41, 5.74) is 3.13. The summed E-state index contributed by atoms with van der Waals surface area (Å²) in [4.78, 5) is 12.1. The van der Waals surface area contributed by atoms with Crippen LogP contribution < -0.4 is 24.4 Å². The number of carbonyl (C=O) groups excluding carboxylic acids is 1. The zero-order valence-electron chi connectivity index (χ0n) is 21.3. The molecule has 1 saturated heterocycles. The molecule has 3 aromatic carbocycles. The van der Waals surface area contributed by atoms with E-state index in [2.05, 4.69) is 0 Å². The Morgan fingerprint density at radius 1 is 0.923 bits per heavy atom. The minimum Gasteiger partial charge on any atom is -0.496 e. The van der Waals surface area contributed by atoms with Gasteiger partial charge in [-0.1, -0.05) is 37.8 Å². The van der Waals surface area contributed by atoms with Gasteiger partial charge in [-0.2, -0.15) is 4.31 Å². The second-order valence-corrected chi connectivity index (χ2v) is 10.5. The molecule has 1 fully saturated rings. The number of amides is 1. The molecule has 0 aliphatic carbocycles. The van der Waals surface area contributed by atoms with Crippen molar-refractivity contribution in [3.05, 3.63) is 66.2 Å². The summed E-state index contributed by atoms with van der Waals surface area (Å²) in [5, 5.41) is 9.23. The average Bonchev–Trinajstić information content (AvgIpc) is 2.96. The standard InChI is InChI=1S/C27H30N2O8S.CH4.H2/c1-34-22-7-5-4-6-21(22)18-8-10-19(11-9-18)37-20-14-16-29(17-15-20)38(32,33)24-13-12-23(35-2)26(36-3)25(24)27(30)28-31;;/h4-13,20,31H,14-17H2,1-3H3,(H,28,30);1H4;1H. The van der Waals surface area contributed by atoms with Crippen LogP contribution in [0.25, 0.3) is 11.1 Å². The highest BCUT2D eigenvalue weighted by atomic mass is 32.2. The Hall–Kier alpha value is -3.80. The number of carbonyl (C=O) groups is 1. The van der Waals surface area contributed by atoms with Gasteiger partial charge in [0, 0.05) is 20.1 Å². The second-order valence-electron chi connectivity index (χ2n) is 8.56. The zero-order valence-corrected chi connectivity index (χ0v) is 22.2. The molecule has 4 rings (SSSR count). The number of hydrogen-bond donors (Lipinski definition) is 2. The number of nitrogens with one attached hydrogen (secondary N) is 1. The first kappa shape index (κ1) is 29.8. The fourth-order valence-electron chi connectivity index (χ4n) is 4.51.